The lowest BCUT2D eigenvalue weighted by atomic mass is 9.95. The number of nitrogens with zero attached hydrogens (tertiary/aromatic N) is 3. The SMILES string of the molecule is COC(=O)C(Cc1ccc(OCc2cnn(-c3ccc(CC(C)C)cc3)c2)cc1)C(C)=NOCc1ccc(F)cc1F. The zero-order valence-electron chi connectivity index (χ0n) is 24.2. The highest BCUT2D eigenvalue weighted by molar-refractivity contribution is 6.00. The molecule has 0 saturated carbocycles. The standard InChI is InChI=1S/C33H35F2N3O4/c1-22(2)15-24-5-11-29(12-6-24)38-19-26(18-36-38)20-41-30-13-7-25(8-14-30)16-31(33(39)40-4)23(3)37-42-21-27-9-10-28(34)17-32(27)35/h5-14,17-19,22,31H,15-16,20-21H2,1-4H3. The van der Waals surface area contributed by atoms with Crippen molar-refractivity contribution in [1.29, 1.82) is 0 Å². The van der Waals surface area contributed by atoms with Gasteiger partial charge in [-0.25, -0.2) is 13.5 Å². The van der Waals surface area contributed by atoms with Crippen molar-refractivity contribution in [3.63, 3.8) is 0 Å². The van der Waals surface area contributed by atoms with Crippen molar-refractivity contribution in [2.75, 3.05) is 7.11 Å². The number of hydrogen-bond donors (Lipinski definition) is 0. The molecule has 1 unspecified atom stereocenters. The Hall–Kier alpha value is -4.53. The van der Waals surface area contributed by atoms with Gasteiger partial charge in [0.2, 0.25) is 0 Å². The minimum Gasteiger partial charge on any atom is -0.489 e. The van der Waals surface area contributed by atoms with Gasteiger partial charge in [0.1, 0.15) is 36.5 Å². The van der Waals surface area contributed by atoms with Crippen LogP contribution in [0.1, 0.15) is 43.0 Å². The van der Waals surface area contributed by atoms with Crippen LogP contribution in [0, 0.1) is 23.5 Å². The topological polar surface area (TPSA) is 74.9 Å². The number of esters is 1. The summed E-state index contributed by atoms with van der Waals surface area (Å²) < 4.78 is 39.7. The summed E-state index contributed by atoms with van der Waals surface area (Å²) in [4.78, 5) is 17.7. The lowest BCUT2D eigenvalue weighted by molar-refractivity contribution is -0.143. The highest BCUT2D eigenvalue weighted by Gasteiger charge is 2.24. The number of carbonyl (C=O) groups is 1. The van der Waals surface area contributed by atoms with E-state index in [-0.39, 0.29) is 12.2 Å². The highest BCUT2D eigenvalue weighted by atomic mass is 19.1. The zero-order chi connectivity index (χ0) is 30.1. The summed E-state index contributed by atoms with van der Waals surface area (Å²) in [6.45, 7) is 6.20. The number of halogens is 2. The highest BCUT2D eigenvalue weighted by Crippen LogP contribution is 2.20. The molecule has 0 fully saturated rings. The van der Waals surface area contributed by atoms with Gasteiger partial charge >= 0.3 is 5.97 Å². The van der Waals surface area contributed by atoms with E-state index in [0.29, 0.717) is 30.4 Å². The van der Waals surface area contributed by atoms with E-state index in [1.165, 1.54) is 18.7 Å². The van der Waals surface area contributed by atoms with E-state index in [0.717, 1.165) is 35.4 Å². The Morgan fingerprint density at radius 3 is 2.29 bits per heavy atom. The normalized spacial score (nSPS) is 12.3. The van der Waals surface area contributed by atoms with Gasteiger partial charge in [-0.2, -0.15) is 5.10 Å². The number of rotatable bonds is 13. The molecule has 4 aromatic rings. The fraction of sp³-hybridized carbons (Fsp3) is 0.303. The molecule has 4 rings (SSSR count). The molecule has 9 heteroatoms. The first-order valence-electron chi connectivity index (χ1n) is 13.7. The molecule has 0 amide bonds. The Balaban J connectivity index is 1.32. The van der Waals surface area contributed by atoms with Crippen LogP contribution >= 0.6 is 0 Å². The minimum absolute atomic E-state index is 0.154. The number of methoxy groups -OCH3 is 1. The zero-order valence-corrected chi connectivity index (χ0v) is 24.2. The smallest absolute Gasteiger partial charge is 0.314 e. The second-order valence-electron chi connectivity index (χ2n) is 10.5. The molecule has 1 heterocycles. The third kappa shape index (κ3) is 8.49. The Bertz CT molecular complexity index is 1500. The van der Waals surface area contributed by atoms with E-state index in [9.17, 15) is 13.6 Å². The maximum atomic E-state index is 13.8. The van der Waals surface area contributed by atoms with Crippen molar-refractivity contribution >= 4 is 11.7 Å². The monoisotopic (exact) mass is 575 g/mol. The first-order valence-corrected chi connectivity index (χ1v) is 13.7. The van der Waals surface area contributed by atoms with Gasteiger partial charge in [0.05, 0.1) is 24.7 Å². The summed E-state index contributed by atoms with van der Waals surface area (Å²) in [6.07, 6.45) is 5.09. The molecular weight excluding hydrogens is 540 g/mol. The van der Waals surface area contributed by atoms with Gasteiger partial charge in [0.15, 0.2) is 0 Å². The van der Waals surface area contributed by atoms with Gasteiger partial charge in [0.25, 0.3) is 0 Å². The number of hydrogen-bond acceptors (Lipinski definition) is 6. The van der Waals surface area contributed by atoms with Crippen molar-refractivity contribution in [2.24, 2.45) is 17.0 Å². The third-order valence-electron chi connectivity index (χ3n) is 6.68. The molecule has 0 aliphatic carbocycles. The summed E-state index contributed by atoms with van der Waals surface area (Å²) >= 11 is 0. The fourth-order valence-corrected chi connectivity index (χ4v) is 4.41. The van der Waals surface area contributed by atoms with E-state index in [2.05, 4.69) is 48.4 Å². The van der Waals surface area contributed by atoms with E-state index in [1.807, 2.05) is 35.1 Å². The molecule has 7 nitrogen and oxygen atoms in total. The first-order chi connectivity index (χ1) is 20.2. The van der Waals surface area contributed by atoms with Gasteiger partial charge in [0, 0.05) is 23.4 Å². The minimum atomic E-state index is -0.727. The summed E-state index contributed by atoms with van der Waals surface area (Å²) in [5.74, 6) is -1.29. The van der Waals surface area contributed by atoms with Crippen molar-refractivity contribution in [3.05, 3.63) is 113 Å². The van der Waals surface area contributed by atoms with Gasteiger partial charge in [-0.3, -0.25) is 4.79 Å². The van der Waals surface area contributed by atoms with Crippen LogP contribution in [0.5, 0.6) is 5.75 Å². The van der Waals surface area contributed by atoms with E-state index >= 15 is 0 Å². The van der Waals surface area contributed by atoms with Crippen LogP contribution in [0.25, 0.3) is 5.69 Å². The molecule has 0 radical (unpaired) electrons. The van der Waals surface area contributed by atoms with Crippen LogP contribution in [-0.2, 0) is 40.4 Å². The first kappa shape index (κ1) is 30.4. The molecule has 0 spiro atoms. The predicted octanol–water partition coefficient (Wildman–Crippen LogP) is 6.85. The largest absolute Gasteiger partial charge is 0.489 e. The summed E-state index contributed by atoms with van der Waals surface area (Å²) in [5, 5.41) is 8.45. The molecule has 0 aliphatic rings. The van der Waals surface area contributed by atoms with Gasteiger partial charge in [-0.05, 0) is 73.2 Å². The fourth-order valence-electron chi connectivity index (χ4n) is 4.41. The Morgan fingerprint density at radius 1 is 0.929 bits per heavy atom. The Morgan fingerprint density at radius 2 is 1.62 bits per heavy atom. The molecular formula is C33H35F2N3O4. The van der Waals surface area contributed by atoms with Crippen LogP contribution in [0.2, 0.25) is 0 Å². The molecule has 1 aromatic heterocycles. The summed E-state index contributed by atoms with van der Waals surface area (Å²) in [5.41, 5.74) is 4.62. The predicted molar refractivity (Wildman–Crippen MR) is 156 cm³/mol. The number of aromatic nitrogens is 2. The van der Waals surface area contributed by atoms with E-state index in [1.54, 1.807) is 13.1 Å². The van der Waals surface area contributed by atoms with Crippen LogP contribution in [0.4, 0.5) is 8.78 Å². The third-order valence-corrected chi connectivity index (χ3v) is 6.68. The van der Waals surface area contributed by atoms with Crippen LogP contribution in [-0.4, -0.2) is 28.6 Å². The average Bonchev–Trinajstić information content (AvgIpc) is 3.45. The quantitative estimate of drug-likeness (QED) is 0.0990. The van der Waals surface area contributed by atoms with Gasteiger partial charge in [-0.15, -0.1) is 0 Å². The van der Waals surface area contributed by atoms with Crippen LogP contribution in [0.3, 0.4) is 0 Å². The summed E-state index contributed by atoms with van der Waals surface area (Å²) in [7, 11) is 1.30. The van der Waals surface area contributed by atoms with Crippen molar-refractivity contribution < 1.29 is 27.9 Å². The van der Waals surface area contributed by atoms with E-state index in [4.69, 9.17) is 14.3 Å². The van der Waals surface area contributed by atoms with Crippen molar-refractivity contribution in [2.45, 2.75) is 46.8 Å². The van der Waals surface area contributed by atoms with Crippen molar-refractivity contribution in [3.8, 4) is 11.4 Å². The molecule has 220 valence electrons. The lowest BCUT2D eigenvalue weighted by Gasteiger charge is -2.15. The molecule has 1 atom stereocenters. The average molecular weight is 576 g/mol. The van der Waals surface area contributed by atoms with E-state index < -0.39 is 23.5 Å². The number of benzene rings is 3. The summed E-state index contributed by atoms with van der Waals surface area (Å²) in [6, 6.07) is 19.0. The molecule has 3 aromatic carbocycles. The second kappa shape index (κ2) is 14.4. The van der Waals surface area contributed by atoms with Gasteiger partial charge < -0.3 is 14.3 Å². The Labute approximate surface area is 244 Å². The molecule has 0 saturated heterocycles. The molecule has 0 bridgehead atoms. The van der Waals surface area contributed by atoms with Gasteiger partial charge in [-0.1, -0.05) is 43.3 Å². The van der Waals surface area contributed by atoms with Crippen molar-refractivity contribution in [1.82, 2.24) is 9.78 Å². The molecule has 0 aliphatic heterocycles. The number of oxime groups is 1. The molecule has 42 heavy (non-hydrogen) atoms. The Kier molecular flexibility index (Phi) is 10.4. The maximum Gasteiger partial charge on any atom is 0.314 e. The van der Waals surface area contributed by atoms with Crippen LogP contribution < -0.4 is 4.74 Å². The molecule has 0 N–H and O–H groups in total. The number of carbonyl (C=O) groups excluding carboxylic acids is 1. The number of ether oxygens (including phenoxy) is 2. The lowest BCUT2D eigenvalue weighted by Crippen LogP contribution is -2.26. The maximum absolute atomic E-state index is 13.8. The second-order valence-corrected chi connectivity index (χ2v) is 10.5. The van der Waals surface area contributed by atoms with Crippen LogP contribution in [0.15, 0.2) is 84.3 Å².